The standard InChI is InChI=1S/C11H18N2O2/c1-11(2,3)9-8-13(6-7-15-9)10(14)4-5-12/h9H,4,6-8H2,1-3H3. The highest BCUT2D eigenvalue weighted by molar-refractivity contribution is 5.78. The Hall–Kier alpha value is -1.08. The van der Waals surface area contributed by atoms with Crippen molar-refractivity contribution in [3.05, 3.63) is 0 Å². The molecule has 1 fully saturated rings. The van der Waals surface area contributed by atoms with Gasteiger partial charge in [-0.05, 0) is 5.41 Å². The molecule has 0 aromatic rings. The van der Waals surface area contributed by atoms with Gasteiger partial charge in [0.2, 0.25) is 5.91 Å². The predicted octanol–water partition coefficient (Wildman–Crippen LogP) is 1.17. The first-order valence-electron chi connectivity index (χ1n) is 5.21. The van der Waals surface area contributed by atoms with Crippen molar-refractivity contribution in [2.75, 3.05) is 19.7 Å². The Labute approximate surface area is 90.8 Å². The van der Waals surface area contributed by atoms with Crippen LogP contribution >= 0.6 is 0 Å². The molecule has 0 radical (unpaired) electrons. The van der Waals surface area contributed by atoms with Crippen molar-refractivity contribution >= 4 is 5.91 Å². The van der Waals surface area contributed by atoms with Gasteiger partial charge in [-0.25, -0.2) is 0 Å². The minimum atomic E-state index is -0.0879. The normalized spacial score (nSPS) is 22.3. The summed E-state index contributed by atoms with van der Waals surface area (Å²) in [5.41, 5.74) is 0.0333. The summed E-state index contributed by atoms with van der Waals surface area (Å²) in [5, 5.41) is 8.46. The lowest BCUT2D eigenvalue weighted by atomic mass is 9.88. The minimum Gasteiger partial charge on any atom is -0.374 e. The lowest BCUT2D eigenvalue weighted by Gasteiger charge is -2.39. The van der Waals surface area contributed by atoms with E-state index in [4.69, 9.17) is 10.00 Å². The summed E-state index contributed by atoms with van der Waals surface area (Å²) in [7, 11) is 0. The summed E-state index contributed by atoms with van der Waals surface area (Å²) >= 11 is 0. The zero-order valence-corrected chi connectivity index (χ0v) is 9.62. The molecule has 4 heteroatoms. The van der Waals surface area contributed by atoms with Gasteiger partial charge in [-0.15, -0.1) is 0 Å². The van der Waals surface area contributed by atoms with E-state index in [0.29, 0.717) is 19.7 Å². The maximum absolute atomic E-state index is 11.5. The van der Waals surface area contributed by atoms with Crippen molar-refractivity contribution in [3.63, 3.8) is 0 Å². The van der Waals surface area contributed by atoms with Crippen LogP contribution in [0.4, 0.5) is 0 Å². The first-order valence-corrected chi connectivity index (χ1v) is 5.21. The van der Waals surface area contributed by atoms with E-state index < -0.39 is 0 Å². The molecule has 84 valence electrons. The van der Waals surface area contributed by atoms with Crippen LogP contribution in [0.15, 0.2) is 0 Å². The van der Waals surface area contributed by atoms with Gasteiger partial charge in [0.05, 0.1) is 18.8 Å². The summed E-state index contributed by atoms with van der Waals surface area (Å²) < 4.78 is 5.62. The molecule has 15 heavy (non-hydrogen) atoms. The molecule has 0 aromatic carbocycles. The van der Waals surface area contributed by atoms with E-state index in [9.17, 15) is 4.79 Å². The third-order valence-electron chi connectivity index (χ3n) is 2.62. The van der Waals surface area contributed by atoms with Crippen LogP contribution in [0.25, 0.3) is 0 Å². The number of hydrogen-bond donors (Lipinski definition) is 0. The summed E-state index contributed by atoms with van der Waals surface area (Å²) in [6.07, 6.45) is 0.0329. The quantitative estimate of drug-likeness (QED) is 0.653. The Morgan fingerprint density at radius 3 is 2.80 bits per heavy atom. The molecular weight excluding hydrogens is 192 g/mol. The van der Waals surface area contributed by atoms with E-state index in [-0.39, 0.29) is 23.8 Å². The SMILES string of the molecule is CC(C)(C)C1CN(C(=O)CC#N)CCO1. The van der Waals surface area contributed by atoms with Crippen molar-refractivity contribution in [1.82, 2.24) is 4.90 Å². The number of rotatable bonds is 1. The number of nitriles is 1. The fourth-order valence-corrected chi connectivity index (χ4v) is 1.58. The van der Waals surface area contributed by atoms with Gasteiger partial charge < -0.3 is 9.64 Å². The van der Waals surface area contributed by atoms with E-state index in [1.807, 2.05) is 6.07 Å². The fourth-order valence-electron chi connectivity index (χ4n) is 1.58. The van der Waals surface area contributed by atoms with E-state index in [1.54, 1.807) is 4.90 Å². The highest BCUT2D eigenvalue weighted by Gasteiger charge is 2.32. The largest absolute Gasteiger partial charge is 0.374 e. The second-order valence-electron chi connectivity index (χ2n) is 4.90. The van der Waals surface area contributed by atoms with Gasteiger partial charge in [-0.1, -0.05) is 20.8 Å². The maximum atomic E-state index is 11.5. The molecule has 1 atom stereocenters. The Morgan fingerprint density at radius 2 is 2.27 bits per heavy atom. The van der Waals surface area contributed by atoms with Crippen LogP contribution in [0.1, 0.15) is 27.2 Å². The highest BCUT2D eigenvalue weighted by atomic mass is 16.5. The fraction of sp³-hybridized carbons (Fsp3) is 0.818. The van der Waals surface area contributed by atoms with Crippen molar-refractivity contribution in [2.24, 2.45) is 5.41 Å². The van der Waals surface area contributed by atoms with Crippen LogP contribution in [0.2, 0.25) is 0 Å². The molecule has 1 saturated heterocycles. The molecule has 1 aliphatic heterocycles. The van der Waals surface area contributed by atoms with Gasteiger partial charge in [0.15, 0.2) is 0 Å². The van der Waals surface area contributed by atoms with E-state index in [2.05, 4.69) is 20.8 Å². The summed E-state index contributed by atoms with van der Waals surface area (Å²) in [5.74, 6) is -0.0879. The molecule has 0 N–H and O–H groups in total. The number of morpholine rings is 1. The van der Waals surface area contributed by atoms with Crippen molar-refractivity contribution in [1.29, 1.82) is 5.26 Å². The van der Waals surface area contributed by atoms with E-state index in [1.165, 1.54) is 0 Å². The number of carbonyl (C=O) groups is 1. The second kappa shape index (κ2) is 4.63. The van der Waals surface area contributed by atoms with Crippen LogP contribution in [-0.4, -0.2) is 36.6 Å². The molecule has 0 bridgehead atoms. The van der Waals surface area contributed by atoms with Crippen LogP contribution in [-0.2, 0) is 9.53 Å². The van der Waals surface area contributed by atoms with Crippen molar-refractivity contribution < 1.29 is 9.53 Å². The number of amides is 1. The monoisotopic (exact) mass is 210 g/mol. The number of nitrogens with zero attached hydrogens (tertiary/aromatic N) is 2. The highest BCUT2D eigenvalue weighted by Crippen LogP contribution is 2.25. The third kappa shape index (κ3) is 3.21. The summed E-state index contributed by atoms with van der Waals surface area (Å²) in [6.45, 7) is 8.05. The first kappa shape index (κ1) is 12.0. The molecule has 0 aliphatic carbocycles. The van der Waals surface area contributed by atoms with Crippen LogP contribution in [0, 0.1) is 16.7 Å². The Bertz CT molecular complexity index is 275. The van der Waals surface area contributed by atoms with E-state index >= 15 is 0 Å². The number of carbonyl (C=O) groups excluding carboxylic acids is 1. The number of ether oxygens (including phenoxy) is 1. The van der Waals surface area contributed by atoms with Crippen LogP contribution in [0.5, 0.6) is 0 Å². The topological polar surface area (TPSA) is 53.3 Å². The average molecular weight is 210 g/mol. The Balaban J connectivity index is 2.57. The minimum absolute atomic E-state index is 0.0309. The molecule has 1 rings (SSSR count). The first-order chi connectivity index (χ1) is 6.95. The molecule has 4 nitrogen and oxygen atoms in total. The van der Waals surface area contributed by atoms with Gasteiger partial charge in [0.25, 0.3) is 0 Å². The van der Waals surface area contributed by atoms with Crippen LogP contribution in [0.3, 0.4) is 0 Å². The zero-order valence-electron chi connectivity index (χ0n) is 9.62. The average Bonchev–Trinajstić information content (AvgIpc) is 2.17. The zero-order chi connectivity index (χ0) is 11.5. The van der Waals surface area contributed by atoms with Gasteiger partial charge in [-0.3, -0.25) is 4.79 Å². The third-order valence-corrected chi connectivity index (χ3v) is 2.62. The molecule has 1 unspecified atom stereocenters. The lowest BCUT2D eigenvalue weighted by Crippen LogP contribution is -2.50. The van der Waals surface area contributed by atoms with Gasteiger partial charge in [0.1, 0.15) is 6.42 Å². The van der Waals surface area contributed by atoms with E-state index in [0.717, 1.165) is 0 Å². The number of hydrogen-bond acceptors (Lipinski definition) is 3. The Kier molecular flexibility index (Phi) is 3.70. The second-order valence-corrected chi connectivity index (χ2v) is 4.90. The molecule has 0 aromatic heterocycles. The summed E-state index contributed by atoms with van der Waals surface area (Å²) in [6, 6.07) is 1.89. The van der Waals surface area contributed by atoms with Gasteiger partial charge in [-0.2, -0.15) is 5.26 Å². The van der Waals surface area contributed by atoms with Crippen molar-refractivity contribution in [3.8, 4) is 6.07 Å². The maximum Gasteiger partial charge on any atom is 0.236 e. The molecular formula is C11H18N2O2. The molecule has 1 heterocycles. The molecule has 1 amide bonds. The molecule has 1 aliphatic rings. The lowest BCUT2D eigenvalue weighted by molar-refractivity contribution is -0.142. The smallest absolute Gasteiger partial charge is 0.236 e. The van der Waals surface area contributed by atoms with Gasteiger partial charge >= 0.3 is 0 Å². The predicted molar refractivity (Wildman–Crippen MR) is 56.0 cm³/mol. The van der Waals surface area contributed by atoms with Gasteiger partial charge in [0, 0.05) is 13.1 Å². The Morgan fingerprint density at radius 1 is 1.60 bits per heavy atom. The summed E-state index contributed by atoms with van der Waals surface area (Å²) in [4.78, 5) is 13.2. The molecule has 0 saturated carbocycles. The van der Waals surface area contributed by atoms with Crippen molar-refractivity contribution in [2.45, 2.75) is 33.3 Å². The van der Waals surface area contributed by atoms with Crippen LogP contribution < -0.4 is 0 Å². The molecule has 0 spiro atoms.